The summed E-state index contributed by atoms with van der Waals surface area (Å²) in [6.07, 6.45) is 2.09. The van der Waals surface area contributed by atoms with E-state index in [4.69, 9.17) is 0 Å². The molecular formula is C35H38FN3O4S2. The molecule has 0 saturated carbocycles. The molecule has 0 heterocycles. The monoisotopic (exact) mass is 647 g/mol. The maximum absolute atomic E-state index is 14.4. The van der Waals surface area contributed by atoms with E-state index in [0.29, 0.717) is 11.3 Å². The van der Waals surface area contributed by atoms with E-state index in [1.165, 1.54) is 40.9 Å². The Morgan fingerprint density at radius 2 is 1.47 bits per heavy atom. The first-order chi connectivity index (χ1) is 21.5. The summed E-state index contributed by atoms with van der Waals surface area (Å²) in [6, 6.07) is 27.2. The topological polar surface area (TPSA) is 86.8 Å². The Kier molecular flexibility index (Phi) is 11.4. The van der Waals surface area contributed by atoms with Crippen LogP contribution in [0.5, 0.6) is 0 Å². The van der Waals surface area contributed by atoms with Gasteiger partial charge in [-0.15, -0.1) is 11.8 Å². The predicted octanol–water partition coefficient (Wildman–Crippen LogP) is 6.22. The lowest BCUT2D eigenvalue weighted by Crippen LogP contribution is -2.54. The number of rotatable bonds is 13. The van der Waals surface area contributed by atoms with E-state index >= 15 is 0 Å². The third kappa shape index (κ3) is 8.95. The van der Waals surface area contributed by atoms with Gasteiger partial charge < -0.3 is 10.2 Å². The van der Waals surface area contributed by atoms with Crippen molar-refractivity contribution >= 4 is 39.3 Å². The molecule has 0 aliphatic heterocycles. The second kappa shape index (κ2) is 15.2. The fourth-order valence-electron chi connectivity index (χ4n) is 4.84. The molecule has 0 aliphatic rings. The minimum atomic E-state index is -4.20. The Hall–Kier alpha value is -4.15. The molecule has 10 heteroatoms. The highest BCUT2D eigenvalue weighted by molar-refractivity contribution is 7.98. The number of amides is 2. The maximum Gasteiger partial charge on any atom is 0.264 e. The zero-order valence-corrected chi connectivity index (χ0v) is 27.4. The number of hydrogen-bond acceptors (Lipinski definition) is 5. The van der Waals surface area contributed by atoms with Crippen molar-refractivity contribution in [1.82, 2.24) is 10.2 Å². The number of hydrogen-bond donors (Lipinski definition) is 1. The quantitative estimate of drug-likeness (QED) is 0.174. The number of nitrogens with zero attached hydrogens (tertiary/aromatic N) is 2. The van der Waals surface area contributed by atoms with Crippen molar-refractivity contribution in [2.24, 2.45) is 0 Å². The summed E-state index contributed by atoms with van der Waals surface area (Å²) in [5.41, 5.74) is 2.67. The van der Waals surface area contributed by atoms with Gasteiger partial charge >= 0.3 is 0 Å². The molecule has 7 nitrogen and oxygen atoms in total. The summed E-state index contributed by atoms with van der Waals surface area (Å²) < 4.78 is 43.2. The Balaban J connectivity index is 1.79. The van der Waals surface area contributed by atoms with Crippen molar-refractivity contribution in [3.63, 3.8) is 0 Å². The molecule has 0 bridgehead atoms. The molecule has 0 fully saturated rings. The van der Waals surface area contributed by atoms with E-state index in [9.17, 15) is 22.4 Å². The summed E-state index contributed by atoms with van der Waals surface area (Å²) in [6.45, 7) is 4.96. The van der Waals surface area contributed by atoms with Gasteiger partial charge in [-0.2, -0.15) is 0 Å². The average Bonchev–Trinajstić information content (AvgIpc) is 3.03. The van der Waals surface area contributed by atoms with E-state index in [1.54, 1.807) is 48.5 Å². The summed E-state index contributed by atoms with van der Waals surface area (Å²) in [7, 11) is -4.20. The van der Waals surface area contributed by atoms with Gasteiger partial charge in [-0.3, -0.25) is 13.9 Å². The average molecular weight is 648 g/mol. The van der Waals surface area contributed by atoms with E-state index in [1.807, 2.05) is 57.4 Å². The Morgan fingerprint density at radius 1 is 0.844 bits per heavy atom. The first kappa shape index (κ1) is 33.7. The van der Waals surface area contributed by atoms with Crippen LogP contribution in [0.2, 0.25) is 0 Å². The zero-order valence-electron chi connectivity index (χ0n) is 25.8. The Bertz CT molecular complexity index is 1680. The van der Waals surface area contributed by atoms with Gasteiger partial charge in [0.25, 0.3) is 10.0 Å². The number of anilines is 1. The van der Waals surface area contributed by atoms with Crippen molar-refractivity contribution in [3.8, 4) is 0 Å². The van der Waals surface area contributed by atoms with Gasteiger partial charge in [0.05, 0.1) is 10.6 Å². The fraction of sp³-hybridized carbons (Fsp3) is 0.257. The van der Waals surface area contributed by atoms with Crippen LogP contribution in [0.3, 0.4) is 0 Å². The molecule has 0 unspecified atom stereocenters. The molecule has 0 aromatic heterocycles. The van der Waals surface area contributed by atoms with Gasteiger partial charge in [0.1, 0.15) is 18.4 Å². The Morgan fingerprint density at radius 3 is 2.04 bits per heavy atom. The van der Waals surface area contributed by atoms with Crippen LogP contribution in [0.4, 0.5) is 10.1 Å². The van der Waals surface area contributed by atoms with Crippen molar-refractivity contribution in [2.45, 2.75) is 55.6 Å². The lowest BCUT2D eigenvalue weighted by Gasteiger charge is -2.34. The van der Waals surface area contributed by atoms with Crippen LogP contribution < -0.4 is 9.62 Å². The van der Waals surface area contributed by atoms with Crippen LogP contribution in [0.25, 0.3) is 0 Å². The number of sulfonamides is 1. The van der Waals surface area contributed by atoms with Crippen molar-refractivity contribution in [3.05, 3.63) is 126 Å². The number of thioether (sulfide) groups is 1. The highest BCUT2D eigenvalue weighted by Gasteiger charge is 2.34. The fourth-order valence-corrected chi connectivity index (χ4v) is 6.66. The van der Waals surface area contributed by atoms with Crippen molar-refractivity contribution in [2.75, 3.05) is 17.1 Å². The second-order valence-electron chi connectivity index (χ2n) is 11.0. The van der Waals surface area contributed by atoms with Crippen LogP contribution >= 0.6 is 11.8 Å². The van der Waals surface area contributed by atoms with Gasteiger partial charge in [-0.1, -0.05) is 60.2 Å². The minimum absolute atomic E-state index is 0.0354. The van der Waals surface area contributed by atoms with Crippen LogP contribution in [0.15, 0.2) is 113 Å². The minimum Gasteiger partial charge on any atom is -0.352 e. The number of nitrogens with one attached hydrogen (secondary N) is 1. The summed E-state index contributed by atoms with van der Waals surface area (Å²) in [4.78, 5) is 30.5. The molecule has 4 rings (SSSR count). The molecule has 45 heavy (non-hydrogen) atoms. The largest absolute Gasteiger partial charge is 0.352 e. The lowest BCUT2D eigenvalue weighted by atomic mass is 10.0. The first-order valence-corrected chi connectivity index (χ1v) is 17.3. The highest BCUT2D eigenvalue weighted by atomic mass is 32.2. The zero-order chi connectivity index (χ0) is 32.6. The van der Waals surface area contributed by atoms with E-state index < -0.39 is 34.3 Å². The Labute approximate surface area is 269 Å². The summed E-state index contributed by atoms with van der Waals surface area (Å²) >= 11 is 1.49. The smallest absolute Gasteiger partial charge is 0.264 e. The third-order valence-corrected chi connectivity index (χ3v) is 9.75. The second-order valence-corrected chi connectivity index (χ2v) is 13.8. The molecule has 0 spiro atoms. The molecule has 0 saturated heterocycles. The van der Waals surface area contributed by atoms with Crippen molar-refractivity contribution < 1.29 is 22.4 Å². The van der Waals surface area contributed by atoms with Gasteiger partial charge in [0.15, 0.2) is 0 Å². The molecular weight excluding hydrogens is 610 g/mol. The molecule has 4 aromatic rings. The normalized spacial score (nSPS) is 12.0. The van der Waals surface area contributed by atoms with Crippen LogP contribution in [0.1, 0.15) is 30.5 Å². The predicted molar refractivity (Wildman–Crippen MR) is 178 cm³/mol. The van der Waals surface area contributed by atoms with Gasteiger partial charge in [-0.25, -0.2) is 12.8 Å². The number of benzene rings is 4. The molecule has 4 aromatic carbocycles. The molecule has 0 aliphatic carbocycles. The number of halogens is 1. The highest BCUT2D eigenvalue weighted by Crippen LogP contribution is 2.27. The molecule has 236 valence electrons. The van der Waals surface area contributed by atoms with E-state index in [2.05, 4.69) is 5.32 Å². The lowest BCUT2D eigenvalue weighted by molar-refractivity contribution is -0.140. The van der Waals surface area contributed by atoms with Gasteiger partial charge in [-0.05, 0) is 86.7 Å². The molecule has 1 N–H and O–H groups in total. The van der Waals surface area contributed by atoms with Crippen molar-refractivity contribution in [1.29, 1.82) is 0 Å². The first-order valence-electron chi connectivity index (χ1n) is 14.6. The van der Waals surface area contributed by atoms with Crippen LogP contribution in [-0.4, -0.2) is 50.0 Å². The summed E-state index contributed by atoms with van der Waals surface area (Å²) in [5, 5.41) is 2.92. The SMILES string of the molecule is CSc1ccc(S(=O)(=O)N(CC(=O)N(Cc2ccc(F)cc2)[C@@H](Cc2ccccc2)C(=O)NC(C)C)c2ccc(C)cc2)cc1. The third-order valence-electron chi connectivity index (χ3n) is 7.22. The summed E-state index contributed by atoms with van der Waals surface area (Å²) in [5.74, 6) is -1.38. The molecule has 2 amide bonds. The van der Waals surface area contributed by atoms with Crippen LogP contribution in [0, 0.1) is 12.7 Å². The van der Waals surface area contributed by atoms with E-state index in [-0.39, 0.29) is 29.8 Å². The van der Waals surface area contributed by atoms with Gasteiger partial charge in [0, 0.05) is 23.9 Å². The van der Waals surface area contributed by atoms with Crippen LogP contribution in [-0.2, 0) is 32.6 Å². The van der Waals surface area contributed by atoms with Gasteiger partial charge in [0.2, 0.25) is 11.8 Å². The standard InChI is InChI=1S/C35H38FN3O4S2/c1-25(2)37-35(41)33(22-27-8-6-5-7-9-27)38(23-28-12-14-29(36)15-13-28)34(40)24-39(30-16-10-26(3)11-17-30)45(42,43)32-20-18-31(44-4)19-21-32/h5-21,25,33H,22-24H2,1-4H3,(H,37,41)/t33-/m0/s1. The number of aryl methyl sites for hydroxylation is 1. The number of carbonyl (C=O) groups is 2. The molecule has 0 radical (unpaired) electrons. The number of carbonyl (C=O) groups excluding carboxylic acids is 2. The van der Waals surface area contributed by atoms with E-state index in [0.717, 1.165) is 20.3 Å². The molecule has 1 atom stereocenters. The maximum atomic E-state index is 14.4.